The van der Waals surface area contributed by atoms with Gasteiger partial charge in [0.25, 0.3) is 11.5 Å². The Morgan fingerprint density at radius 1 is 1.23 bits per heavy atom. The zero-order valence-electron chi connectivity index (χ0n) is 18.8. The molecule has 1 aromatic heterocycles. The molecule has 0 atom stereocenters. The van der Waals surface area contributed by atoms with Gasteiger partial charge in [-0.3, -0.25) is 14.2 Å². The van der Waals surface area contributed by atoms with E-state index >= 15 is 0 Å². The predicted octanol–water partition coefficient (Wildman–Crippen LogP) is 3.44. The van der Waals surface area contributed by atoms with Crippen molar-refractivity contribution in [1.82, 2.24) is 20.2 Å². The average molecular weight is 433 g/mol. The Kier molecular flexibility index (Phi) is 8.74. The Labute approximate surface area is 182 Å². The lowest BCUT2D eigenvalue weighted by Gasteiger charge is -2.39. The minimum Gasteiger partial charge on any atom is -0.501 e. The summed E-state index contributed by atoms with van der Waals surface area (Å²) in [6.45, 7) is 9.25. The van der Waals surface area contributed by atoms with Crippen molar-refractivity contribution in [1.29, 1.82) is 0 Å². The number of nitrogens with zero attached hydrogens (tertiary/aromatic N) is 2. The molecule has 0 spiro atoms. The van der Waals surface area contributed by atoms with Crippen molar-refractivity contribution >= 4 is 5.91 Å². The van der Waals surface area contributed by atoms with Gasteiger partial charge in [-0.1, -0.05) is 52.7 Å². The first-order chi connectivity index (χ1) is 14.9. The van der Waals surface area contributed by atoms with Crippen molar-refractivity contribution in [2.75, 3.05) is 6.54 Å². The van der Waals surface area contributed by atoms with Gasteiger partial charge in [-0.05, 0) is 30.5 Å². The van der Waals surface area contributed by atoms with Gasteiger partial charge in [0.2, 0.25) is 5.75 Å². The molecule has 1 amide bonds. The number of hydrogen-bond donors (Lipinski definition) is 3. The van der Waals surface area contributed by atoms with E-state index in [9.17, 15) is 19.1 Å². The largest absolute Gasteiger partial charge is 0.501 e. The molecule has 31 heavy (non-hydrogen) atoms. The quantitative estimate of drug-likeness (QED) is 0.623. The number of nitrogens with one attached hydrogen (secondary N) is 2. The molecule has 2 aromatic rings. The normalized spacial score (nSPS) is 14.2. The fraction of sp³-hybridized carbons (Fsp3) is 0.522. The third kappa shape index (κ3) is 5.31. The van der Waals surface area contributed by atoms with E-state index in [4.69, 9.17) is 0 Å². The summed E-state index contributed by atoms with van der Waals surface area (Å²) in [6, 6.07) is 5.72. The molecule has 0 saturated carbocycles. The lowest BCUT2D eigenvalue weighted by atomic mass is 9.86. The van der Waals surface area contributed by atoms with Crippen molar-refractivity contribution in [3.05, 3.63) is 57.5 Å². The molecule has 0 bridgehead atoms. The summed E-state index contributed by atoms with van der Waals surface area (Å²) in [5.74, 6) is -1.14. The predicted molar refractivity (Wildman–Crippen MR) is 119 cm³/mol. The van der Waals surface area contributed by atoms with Crippen molar-refractivity contribution in [2.24, 2.45) is 0 Å². The number of hydrogen-bond acceptors (Lipinski definition) is 5. The van der Waals surface area contributed by atoms with E-state index in [0.717, 1.165) is 25.7 Å². The number of aromatic hydroxyl groups is 1. The molecular formula is C23H33FN4O3. The SMILES string of the molecule is CC.CCCC1(CCC)NCCn2c1nc(C(=O)NCc1ccc(F)cc1)c(O)c2=O. The lowest BCUT2D eigenvalue weighted by molar-refractivity contribution is 0.0939. The second-order valence-corrected chi connectivity index (χ2v) is 7.41. The van der Waals surface area contributed by atoms with Crippen LogP contribution in [0.4, 0.5) is 4.39 Å². The van der Waals surface area contributed by atoms with Crippen molar-refractivity contribution in [2.45, 2.75) is 72.0 Å². The van der Waals surface area contributed by atoms with Gasteiger partial charge in [-0.15, -0.1) is 0 Å². The highest BCUT2D eigenvalue weighted by atomic mass is 19.1. The molecule has 0 fully saturated rings. The first kappa shape index (κ1) is 24.5. The summed E-state index contributed by atoms with van der Waals surface area (Å²) in [5.41, 5.74) is -0.675. The Bertz CT molecular complexity index is 935. The molecular weight excluding hydrogens is 399 g/mol. The Hall–Kier alpha value is -2.74. The molecule has 7 nitrogen and oxygen atoms in total. The average Bonchev–Trinajstić information content (AvgIpc) is 2.78. The van der Waals surface area contributed by atoms with Crippen LogP contribution in [-0.2, 0) is 18.6 Å². The van der Waals surface area contributed by atoms with Crippen LogP contribution in [0.3, 0.4) is 0 Å². The summed E-state index contributed by atoms with van der Waals surface area (Å²) in [6.07, 6.45) is 3.31. The van der Waals surface area contributed by atoms with Gasteiger partial charge in [0, 0.05) is 19.6 Å². The summed E-state index contributed by atoms with van der Waals surface area (Å²) in [7, 11) is 0. The summed E-state index contributed by atoms with van der Waals surface area (Å²) >= 11 is 0. The topological polar surface area (TPSA) is 96.2 Å². The van der Waals surface area contributed by atoms with Crippen LogP contribution in [0.25, 0.3) is 0 Å². The molecule has 2 heterocycles. The standard InChI is InChI=1S/C21H27FN4O3.C2H6/c1-3-9-21(10-4-2)20-25-16(17(27)19(29)26(20)12-11-24-21)18(28)23-13-14-5-7-15(22)8-6-14;1-2/h5-8,24,27H,3-4,9-13H2,1-2H3,(H,23,28);1-2H3. The number of amides is 1. The van der Waals surface area contributed by atoms with E-state index in [2.05, 4.69) is 29.5 Å². The van der Waals surface area contributed by atoms with E-state index in [0.29, 0.717) is 24.5 Å². The van der Waals surface area contributed by atoms with Crippen LogP contribution < -0.4 is 16.2 Å². The molecule has 170 valence electrons. The maximum absolute atomic E-state index is 13.0. The first-order valence-corrected chi connectivity index (χ1v) is 11.0. The van der Waals surface area contributed by atoms with Gasteiger partial charge in [-0.25, -0.2) is 9.37 Å². The Morgan fingerprint density at radius 2 is 1.84 bits per heavy atom. The molecule has 1 aliphatic heterocycles. The van der Waals surface area contributed by atoms with Crippen LogP contribution in [0.15, 0.2) is 29.1 Å². The smallest absolute Gasteiger partial charge is 0.296 e. The van der Waals surface area contributed by atoms with Crippen LogP contribution in [0.2, 0.25) is 0 Å². The summed E-state index contributed by atoms with van der Waals surface area (Å²) < 4.78 is 14.5. The van der Waals surface area contributed by atoms with Crippen molar-refractivity contribution < 1.29 is 14.3 Å². The molecule has 0 saturated heterocycles. The monoisotopic (exact) mass is 432 g/mol. The van der Waals surface area contributed by atoms with Crippen molar-refractivity contribution in [3.63, 3.8) is 0 Å². The second-order valence-electron chi connectivity index (χ2n) is 7.41. The number of carbonyl (C=O) groups excluding carboxylic acids is 1. The minimum atomic E-state index is -0.644. The van der Waals surface area contributed by atoms with E-state index in [1.165, 1.54) is 16.7 Å². The van der Waals surface area contributed by atoms with E-state index < -0.39 is 22.8 Å². The van der Waals surface area contributed by atoms with Gasteiger partial charge < -0.3 is 15.7 Å². The maximum atomic E-state index is 13.0. The maximum Gasteiger partial charge on any atom is 0.296 e. The number of halogens is 1. The molecule has 3 rings (SSSR count). The minimum absolute atomic E-state index is 0.131. The molecule has 0 aliphatic carbocycles. The second kappa shape index (κ2) is 11.0. The molecule has 3 N–H and O–H groups in total. The Balaban J connectivity index is 0.00000166. The van der Waals surface area contributed by atoms with Crippen LogP contribution >= 0.6 is 0 Å². The summed E-state index contributed by atoms with van der Waals surface area (Å²) in [5, 5.41) is 16.5. The molecule has 8 heteroatoms. The van der Waals surface area contributed by atoms with Gasteiger partial charge >= 0.3 is 0 Å². The Morgan fingerprint density at radius 3 is 2.42 bits per heavy atom. The van der Waals surface area contributed by atoms with Crippen LogP contribution in [0.1, 0.15) is 75.3 Å². The number of benzene rings is 1. The van der Waals surface area contributed by atoms with Crippen LogP contribution in [0.5, 0.6) is 5.75 Å². The third-order valence-electron chi connectivity index (χ3n) is 5.31. The van der Waals surface area contributed by atoms with Gasteiger partial charge in [0.15, 0.2) is 5.69 Å². The molecule has 0 radical (unpaired) electrons. The van der Waals surface area contributed by atoms with Crippen molar-refractivity contribution in [3.8, 4) is 5.75 Å². The van der Waals surface area contributed by atoms with Gasteiger partial charge in [0.1, 0.15) is 11.6 Å². The molecule has 1 aromatic carbocycles. The highest BCUT2D eigenvalue weighted by Crippen LogP contribution is 2.33. The fourth-order valence-electron chi connectivity index (χ4n) is 4.01. The zero-order valence-corrected chi connectivity index (χ0v) is 18.8. The third-order valence-corrected chi connectivity index (χ3v) is 5.31. The number of rotatable bonds is 7. The lowest BCUT2D eigenvalue weighted by Crippen LogP contribution is -2.53. The van der Waals surface area contributed by atoms with E-state index in [-0.39, 0.29) is 18.1 Å². The zero-order chi connectivity index (χ0) is 23.0. The van der Waals surface area contributed by atoms with Crippen LogP contribution in [0, 0.1) is 5.82 Å². The number of carbonyl (C=O) groups is 1. The van der Waals surface area contributed by atoms with E-state index in [1.807, 2.05) is 13.8 Å². The van der Waals surface area contributed by atoms with Gasteiger partial charge in [0.05, 0.1) is 5.54 Å². The number of fused-ring (bicyclic) bond motifs is 1. The highest BCUT2D eigenvalue weighted by molar-refractivity contribution is 5.94. The summed E-state index contributed by atoms with van der Waals surface area (Å²) in [4.78, 5) is 29.9. The molecule has 1 aliphatic rings. The van der Waals surface area contributed by atoms with Crippen LogP contribution in [-0.4, -0.2) is 27.1 Å². The molecule has 0 unspecified atom stereocenters. The van der Waals surface area contributed by atoms with E-state index in [1.54, 1.807) is 12.1 Å². The first-order valence-electron chi connectivity index (χ1n) is 11.0. The van der Waals surface area contributed by atoms with Gasteiger partial charge in [-0.2, -0.15) is 0 Å². The number of aromatic nitrogens is 2. The highest BCUT2D eigenvalue weighted by Gasteiger charge is 2.39. The fourth-order valence-corrected chi connectivity index (χ4v) is 4.01.